The normalized spacial score (nSPS) is 12.0. The highest BCUT2D eigenvalue weighted by atomic mass is 127. The maximum atomic E-state index is 2.57. The molecular weight excluding hydrogens is 974 g/mol. The molecule has 0 saturated heterocycles. The van der Waals surface area contributed by atoms with Crippen molar-refractivity contribution in [3.05, 3.63) is 213 Å². The number of benzene rings is 13. The van der Waals surface area contributed by atoms with E-state index in [2.05, 4.69) is 251 Å². The molecule has 0 amide bonds. The summed E-state index contributed by atoms with van der Waals surface area (Å²) in [5.74, 6) is 0. The van der Waals surface area contributed by atoms with Crippen molar-refractivity contribution in [2.75, 3.05) is 0 Å². The second-order valence-corrected chi connectivity index (χ2v) is 19.0. The van der Waals surface area contributed by atoms with Gasteiger partial charge in [0.15, 0.2) is 0 Å². The fraction of sp³-hybridized carbons (Fsp3) is 0. The van der Waals surface area contributed by atoms with Crippen molar-refractivity contribution < 1.29 is 0 Å². The van der Waals surface area contributed by atoms with Gasteiger partial charge in [-0.3, -0.25) is 0 Å². The summed E-state index contributed by atoms with van der Waals surface area (Å²) in [6.45, 7) is 0. The molecule has 0 atom stereocenters. The predicted octanol–water partition coefficient (Wildman–Crippen LogP) is 18.2. The maximum Gasteiger partial charge on any atom is 0.0143 e. The Kier molecular flexibility index (Phi) is 8.26. The molecule has 0 aliphatic carbocycles. The summed E-state index contributed by atoms with van der Waals surface area (Å²) in [4.78, 5) is 0. The summed E-state index contributed by atoms with van der Waals surface area (Å²) >= 11 is 5.13. The van der Waals surface area contributed by atoms with Crippen LogP contribution in [0.3, 0.4) is 0 Å². The Morgan fingerprint density at radius 3 is 0.871 bits per heavy atom. The van der Waals surface area contributed by atoms with E-state index in [1.807, 2.05) is 0 Å². The highest BCUT2D eigenvalue weighted by Crippen LogP contribution is 2.56. The van der Waals surface area contributed by atoms with Crippen molar-refractivity contribution in [1.29, 1.82) is 0 Å². The Labute approximate surface area is 386 Å². The van der Waals surface area contributed by atoms with Gasteiger partial charge in [-0.15, -0.1) is 0 Å². The van der Waals surface area contributed by atoms with Gasteiger partial charge in [-0.05, 0) is 212 Å². The lowest BCUT2D eigenvalue weighted by atomic mass is 9.77. The molecule has 288 valence electrons. The monoisotopic (exact) mass is 1010 g/mol. The molecule has 0 unspecified atom stereocenters. The summed E-state index contributed by atoms with van der Waals surface area (Å²) in [6.07, 6.45) is 0. The van der Waals surface area contributed by atoms with Crippen molar-refractivity contribution in [2.24, 2.45) is 0 Å². The van der Waals surface area contributed by atoms with Crippen LogP contribution in [0.1, 0.15) is 0 Å². The molecule has 0 spiro atoms. The first-order chi connectivity index (χ1) is 30.6. The SMILES string of the molecule is Ic1cc2c3ccccc3c3cc(I)cc4c5c(-c6ccccc6)c6c7cc(-c8ccccc8)ccc7c7ccc(-c8ccccc8)cc7c6c(-c6ccccc6)c5c(c1)c2c34. The molecule has 0 saturated carbocycles. The fourth-order valence-electron chi connectivity index (χ4n) is 10.7. The van der Waals surface area contributed by atoms with E-state index in [9.17, 15) is 0 Å². The van der Waals surface area contributed by atoms with E-state index >= 15 is 0 Å². The Bertz CT molecular complexity index is 3690. The van der Waals surface area contributed by atoms with Crippen molar-refractivity contribution in [3.8, 4) is 44.5 Å². The van der Waals surface area contributed by atoms with Gasteiger partial charge in [-0.1, -0.05) is 170 Å². The van der Waals surface area contributed by atoms with Gasteiger partial charge in [-0.25, -0.2) is 0 Å². The first-order valence-electron chi connectivity index (χ1n) is 21.1. The first-order valence-corrected chi connectivity index (χ1v) is 23.3. The molecule has 0 aliphatic heterocycles. The summed E-state index contributed by atoms with van der Waals surface area (Å²) in [5.41, 5.74) is 9.86. The van der Waals surface area contributed by atoms with Gasteiger partial charge in [0.1, 0.15) is 0 Å². The first kappa shape index (κ1) is 36.3. The van der Waals surface area contributed by atoms with Crippen LogP contribution >= 0.6 is 45.2 Å². The van der Waals surface area contributed by atoms with Crippen LogP contribution in [-0.2, 0) is 0 Å². The molecule has 13 rings (SSSR count). The van der Waals surface area contributed by atoms with Crippen LogP contribution in [-0.4, -0.2) is 0 Å². The van der Waals surface area contributed by atoms with Crippen LogP contribution < -0.4 is 0 Å². The summed E-state index contributed by atoms with van der Waals surface area (Å²) in [5, 5.41) is 20.7. The minimum absolute atomic E-state index is 1.21. The van der Waals surface area contributed by atoms with Crippen LogP contribution in [0.4, 0.5) is 0 Å². The van der Waals surface area contributed by atoms with E-state index in [-0.39, 0.29) is 0 Å². The lowest BCUT2D eigenvalue weighted by Gasteiger charge is -2.26. The van der Waals surface area contributed by atoms with E-state index < -0.39 is 0 Å². The quantitative estimate of drug-likeness (QED) is 0.0936. The standard InChI is InChI=1S/C60H34I2/c61-41-31-49-43-23-13-14-24-44(43)50-32-42(62)34-52-56(50)55(49)51(33-41)59-53(37-19-9-3-10-20-37)57-47-29-39(35-15-5-1-6-16-35)25-27-45(47)46-28-26-40(36-17-7-2-8-18-36)30-48(46)58(57)54(60(52)59)38-21-11-4-12-22-38/h1-34H. The van der Waals surface area contributed by atoms with Crippen LogP contribution in [0.5, 0.6) is 0 Å². The maximum absolute atomic E-state index is 2.57. The highest BCUT2D eigenvalue weighted by molar-refractivity contribution is 14.1. The lowest BCUT2D eigenvalue weighted by molar-refractivity contribution is 1.64. The van der Waals surface area contributed by atoms with Crippen LogP contribution in [0.25, 0.3) is 131 Å². The molecule has 13 aromatic rings. The minimum atomic E-state index is 1.21. The average Bonchev–Trinajstić information content (AvgIpc) is 3.33. The summed E-state index contributed by atoms with van der Waals surface area (Å²) in [7, 11) is 0. The molecule has 0 fully saturated rings. The third kappa shape index (κ3) is 5.36. The molecule has 13 aromatic carbocycles. The van der Waals surface area contributed by atoms with Crippen molar-refractivity contribution in [2.45, 2.75) is 0 Å². The average molecular weight is 1010 g/mol. The van der Waals surface area contributed by atoms with Gasteiger partial charge < -0.3 is 0 Å². The topological polar surface area (TPSA) is 0 Å². The Morgan fingerprint density at radius 1 is 0.194 bits per heavy atom. The molecule has 0 N–H and O–H groups in total. The molecule has 62 heavy (non-hydrogen) atoms. The number of hydrogen-bond acceptors (Lipinski definition) is 0. The zero-order valence-electron chi connectivity index (χ0n) is 33.4. The van der Waals surface area contributed by atoms with Gasteiger partial charge in [0.25, 0.3) is 0 Å². The molecule has 0 nitrogen and oxygen atoms in total. The van der Waals surface area contributed by atoms with Crippen LogP contribution in [0, 0.1) is 7.14 Å². The van der Waals surface area contributed by atoms with Crippen molar-refractivity contribution in [3.63, 3.8) is 0 Å². The molecule has 0 radical (unpaired) electrons. The highest BCUT2D eigenvalue weighted by Gasteiger charge is 2.28. The van der Waals surface area contributed by atoms with E-state index in [1.54, 1.807) is 0 Å². The zero-order valence-corrected chi connectivity index (χ0v) is 37.7. The molecule has 2 heteroatoms. The summed E-state index contributed by atoms with van der Waals surface area (Å²) in [6, 6.07) is 77.4. The Hall–Kier alpha value is -6.34. The fourth-order valence-corrected chi connectivity index (χ4v) is 12.0. The number of halogens is 2. The zero-order chi connectivity index (χ0) is 41.1. The van der Waals surface area contributed by atoms with Gasteiger partial charge in [-0.2, -0.15) is 0 Å². The second kappa shape index (κ2) is 14.1. The van der Waals surface area contributed by atoms with Crippen LogP contribution in [0.2, 0.25) is 0 Å². The largest absolute Gasteiger partial charge is 0.0622 e. The van der Waals surface area contributed by atoms with E-state index in [0.717, 1.165) is 0 Å². The van der Waals surface area contributed by atoms with Gasteiger partial charge in [0, 0.05) is 7.14 Å². The third-order valence-corrected chi connectivity index (χ3v) is 14.5. The minimum Gasteiger partial charge on any atom is -0.0622 e. The lowest BCUT2D eigenvalue weighted by Crippen LogP contribution is -1.98. The van der Waals surface area contributed by atoms with Crippen LogP contribution in [0.15, 0.2) is 206 Å². The van der Waals surface area contributed by atoms with Gasteiger partial charge in [0.05, 0.1) is 0 Å². The molecule has 0 bridgehead atoms. The Morgan fingerprint density at radius 2 is 0.484 bits per heavy atom. The Balaban J connectivity index is 1.42. The van der Waals surface area contributed by atoms with Crippen molar-refractivity contribution >= 4 is 131 Å². The summed E-state index contributed by atoms with van der Waals surface area (Å²) < 4.78 is 2.47. The number of hydrogen-bond donors (Lipinski definition) is 0. The third-order valence-electron chi connectivity index (χ3n) is 13.2. The second-order valence-electron chi connectivity index (χ2n) is 16.5. The van der Waals surface area contributed by atoms with E-state index in [4.69, 9.17) is 0 Å². The molecule has 0 aliphatic rings. The number of rotatable bonds is 4. The predicted molar refractivity (Wildman–Crippen MR) is 285 cm³/mol. The van der Waals surface area contributed by atoms with Gasteiger partial charge in [0.2, 0.25) is 0 Å². The van der Waals surface area contributed by atoms with E-state index in [1.165, 1.54) is 138 Å². The molecule has 0 heterocycles. The van der Waals surface area contributed by atoms with E-state index in [0.29, 0.717) is 0 Å². The molecular formula is C60H34I2. The van der Waals surface area contributed by atoms with Crippen molar-refractivity contribution in [1.82, 2.24) is 0 Å². The molecule has 0 aromatic heterocycles. The smallest absolute Gasteiger partial charge is 0.0143 e. The van der Waals surface area contributed by atoms with Gasteiger partial charge >= 0.3 is 0 Å². The number of fused-ring (bicyclic) bond motifs is 12.